The topological polar surface area (TPSA) is 57.6 Å². The molecule has 0 radical (unpaired) electrons. The van der Waals surface area contributed by atoms with E-state index in [0.717, 1.165) is 25.8 Å². The number of fused-ring (bicyclic) bond motifs is 1. The van der Waals surface area contributed by atoms with E-state index in [1.54, 1.807) is 0 Å². The fourth-order valence-electron chi connectivity index (χ4n) is 4.78. The minimum atomic E-state index is -0.785. The molecule has 20 heavy (non-hydrogen) atoms. The van der Waals surface area contributed by atoms with Gasteiger partial charge in [-0.05, 0) is 50.4 Å². The van der Waals surface area contributed by atoms with Crippen molar-refractivity contribution in [2.45, 2.75) is 57.9 Å². The van der Waals surface area contributed by atoms with E-state index in [1.165, 1.54) is 19.3 Å². The number of carbonyl (C=O) groups is 2. The van der Waals surface area contributed by atoms with Crippen LogP contribution in [0.15, 0.2) is 0 Å². The van der Waals surface area contributed by atoms with Gasteiger partial charge in [0.25, 0.3) is 0 Å². The third-order valence-electron chi connectivity index (χ3n) is 5.71. The highest BCUT2D eigenvalue weighted by Gasteiger charge is 2.46. The fourth-order valence-corrected chi connectivity index (χ4v) is 4.78. The van der Waals surface area contributed by atoms with Crippen LogP contribution in [0.2, 0.25) is 0 Å². The van der Waals surface area contributed by atoms with Crippen LogP contribution in [0.1, 0.15) is 51.9 Å². The molecule has 4 heteroatoms. The van der Waals surface area contributed by atoms with Gasteiger partial charge in [-0.25, -0.2) is 0 Å². The molecule has 1 aliphatic heterocycles. The molecule has 1 N–H and O–H groups in total. The molecular formula is C16H25NO3. The lowest BCUT2D eigenvalue weighted by Gasteiger charge is -2.39. The molecule has 0 spiro atoms. The SMILES string of the molecule is CC1C[C@H](C(=O)N2CCCC3CCCC32)[C@H](C(=O)O)C1. The summed E-state index contributed by atoms with van der Waals surface area (Å²) in [7, 11) is 0. The highest BCUT2D eigenvalue weighted by molar-refractivity contribution is 5.85. The van der Waals surface area contributed by atoms with E-state index in [9.17, 15) is 14.7 Å². The molecule has 3 aliphatic rings. The molecule has 1 heterocycles. The van der Waals surface area contributed by atoms with Crippen LogP contribution < -0.4 is 0 Å². The Labute approximate surface area is 120 Å². The molecule has 3 fully saturated rings. The van der Waals surface area contributed by atoms with Gasteiger partial charge in [-0.3, -0.25) is 9.59 Å². The zero-order chi connectivity index (χ0) is 14.3. The van der Waals surface area contributed by atoms with E-state index in [2.05, 4.69) is 11.8 Å². The second kappa shape index (κ2) is 5.38. The number of likely N-dealkylation sites (tertiary alicyclic amines) is 1. The molecule has 0 bridgehead atoms. The van der Waals surface area contributed by atoms with Crippen molar-refractivity contribution in [3.63, 3.8) is 0 Å². The highest BCUT2D eigenvalue weighted by Crippen LogP contribution is 2.42. The molecular weight excluding hydrogens is 254 g/mol. The van der Waals surface area contributed by atoms with E-state index < -0.39 is 11.9 Å². The minimum absolute atomic E-state index is 0.137. The van der Waals surface area contributed by atoms with E-state index in [0.29, 0.717) is 24.3 Å². The van der Waals surface area contributed by atoms with Gasteiger partial charge in [0.2, 0.25) is 5.91 Å². The number of hydrogen-bond donors (Lipinski definition) is 1. The number of nitrogens with zero attached hydrogens (tertiary/aromatic N) is 1. The smallest absolute Gasteiger partial charge is 0.307 e. The van der Waals surface area contributed by atoms with Crippen LogP contribution in [0.3, 0.4) is 0 Å². The number of carboxylic acid groups (broad SMARTS) is 1. The third kappa shape index (κ3) is 2.33. The van der Waals surface area contributed by atoms with Gasteiger partial charge in [-0.15, -0.1) is 0 Å². The molecule has 0 aromatic rings. The van der Waals surface area contributed by atoms with E-state index in [1.807, 2.05) is 0 Å². The second-order valence-corrected chi connectivity index (χ2v) is 7.06. The molecule has 2 saturated carbocycles. The Kier molecular flexibility index (Phi) is 3.74. The summed E-state index contributed by atoms with van der Waals surface area (Å²) in [5.74, 6) is -0.351. The Morgan fingerprint density at radius 2 is 1.75 bits per heavy atom. The van der Waals surface area contributed by atoms with Gasteiger partial charge >= 0.3 is 5.97 Å². The molecule has 112 valence electrons. The van der Waals surface area contributed by atoms with Crippen LogP contribution in [-0.4, -0.2) is 34.5 Å². The van der Waals surface area contributed by atoms with Crippen molar-refractivity contribution in [3.05, 3.63) is 0 Å². The van der Waals surface area contributed by atoms with Crippen LogP contribution in [0.25, 0.3) is 0 Å². The van der Waals surface area contributed by atoms with Crippen LogP contribution in [0, 0.1) is 23.7 Å². The van der Waals surface area contributed by atoms with Crippen molar-refractivity contribution in [2.75, 3.05) is 6.54 Å². The molecule has 5 atom stereocenters. The Balaban J connectivity index is 1.75. The van der Waals surface area contributed by atoms with Crippen molar-refractivity contribution in [1.29, 1.82) is 0 Å². The van der Waals surface area contributed by atoms with Crippen molar-refractivity contribution in [3.8, 4) is 0 Å². The number of rotatable bonds is 2. The van der Waals surface area contributed by atoms with Gasteiger partial charge in [-0.1, -0.05) is 13.3 Å². The first-order chi connectivity index (χ1) is 9.58. The number of carbonyl (C=O) groups excluding carboxylic acids is 1. The summed E-state index contributed by atoms with van der Waals surface area (Å²) in [6.07, 6.45) is 7.35. The van der Waals surface area contributed by atoms with Crippen LogP contribution in [0.4, 0.5) is 0 Å². The lowest BCUT2D eigenvalue weighted by Crippen LogP contribution is -2.49. The molecule has 1 amide bonds. The maximum atomic E-state index is 12.9. The fraction of sp³-hybridized carbons (Fsp3) is 0.875. The van der Waals surface area contributed by atoms with Crippen molar-refractivity contribution >= 4 is 11.9 Å². The van der Waals surface area contributed by atoms with E-state index in [4.69, 9.17) is 0 Å². The lowest BCUT2D eigenvalue weighted by molar-refractivity contribution is -0.151. The summed E-state index contributed by atoms with van der Waals surface area (Å²) in [6, 6.07) is 0.404. The van der Waals surface area contributed by atoms with Gasteiger partial charge in [0.05, 0.1) is 11.8 Å². The van der Waals surface area contributed by atoms with Gasteiger partial charge in [-0.2, -0.15) is 0 Å². The van der Waals surface area contributed by atoms with Crippen LogP contribution in [0.5, 0.6) is 0 Å². The average molecular weight is 279 g/mol. The third-order valence-corrected chi connectivity index (χ3v) is 5.71. The largest absolute Gasteiger partial charge is 0.481 e. The monoisotopic (exact) mass is 279 g/mol. The minimum Gasteiger partial charge on any atom is -0.481 e. The number of carboxylic acids is 1. The Hall–Kier alpha value is -1.06. The molecule has 0 aromatic heterocycles. The summed E-state index contributed by atoms with van der Waals surface area (Å²) in [5.41, 5.74) is 0. The quantitative estimate of drug-likeness (QED) is 0.845. The first kappa shape index (κ1) is 13.9. The molecule has 2 aliphatic carbocycles. The van der Waals surface area contributed by atoms with E-state index in [-0.39, 0.29) is 11.8 Å². The molecule has 4 nitrogen and oxygen atoms in total. The van der Waals surface area contributed by atoms with Gasteiger partial charge in [0.1, 0.15) is 0 Å². The van der Waals surface area contributed by atoms with Crippen molar-refractivity contribution < 1.29 is 14.7 Å². The summed E-state index contributed by atoms with van der Waals surface area (Å²) in [4.78, 5) is 26.3. The molecule has 3 unspecified atom stereocenters. The first-order valence-electron chi connectivity index (χ1n) is 8.11. The maximum absolute atomic E-state index is 12.9. The summed E-state index contributed by atoms with van der Waals surface area (Å²) >= 11 is 0. The summed E-state index contributed by atoms with van der Waals surface area (Å²) in [5, 5.41) is 9.37. The predicted molar refractivity (Wildman–Crippen MR) is 75.1 cm³/mol. The van der Waals surface area contributed by atoms with Crippen molar-refractivity contribution in [2.24, 2.45) is 23.7 Å². The summed E-state index contributed by atoms with van der Waals surface area (Å²) < 4.78 is 0. The summed E-state index contributed by atoms with van der Waals surface area (Å²) in [6.45, 7) is 2.91. The predicted octanol–water partition coefficient (Wildman–Crippen LogP) is 2.52. The average Bonchev–Trinajstić information content (AvgIpc) is 3.03. The molecule has 1 saturated heterocycles. The Morgan fingerprint density at radius 3 is 2.50 bits per heavy atom. The van der Waals surface area contributed by atoms with Crippen molar-refractivity contribution in [1.82, 2.24) is 4.90 Å². The molecule has 0 aromatic carbocycles. The Morgan fingerprint density at radius 1 is 1.05 bits per heavy atom. The first-order valence-corrected chi connectivity index (χ1v) is 8.11. The number of piperidine rings is 1. The van der Waals surface area contributed by atoms with Crippen LogP contribution in [-0.2, 0) is 9.59 Å². The number of aliphatic carboxylic acids is 1. The lowest BCUT2D eigenvalue weighted by atomic mass is 9.88. The highest BCUT2D eigenvalue weighted by atomic mass is 16.4. The number of amides is 1. The van der Waals surface area contributed by atoms with Gasteiger partial charge in [0, 0.05) is 12.6 Å². The zero-order valence-corrected chi connectivity index (χ0v) is 12.3. The second-order valence-electron chi connectivity index (χ2n) is 7.06. The Bertz CT molecular complexity index is 409. The zero-order valence-electron chi connectivity index (χ0n) is 12.3. The van der Waals surface area contributed by atoms with Gasteiger partial charge in [0.15, 0.2) is 0 Å². The standard InChI is InChI=1S/C16H25NO3/c1-10-8-12(13(9-10)16(19)20)15(18)17-7-3-5-11-4-2-6-14(11)17/h10-14H,2-9H2,1H3,(H,19,20)/t10?,11?,12-,13+,14?/m0/s1. The maximum Gasteiger partial charge on any atom is 0.307 e. The van der Waals surface area contributed by atoms with Gasteiger partial charge < -0.3 is 10.0 Å². The van der Waals surface area contributed by atoms with E-state index >= 15 is 0 Å². The van der Waals surface area contributed by atoms with Crippen LogP contribution >= 0.6 is 0 Å². The normalized spacial score (nSPS) is 40.6. The number of hydrogen-bond acceptors (Lipinski definition) is 2. The molecule has 3 rings (SSSR count).